The summed E-state index contributed by atoms with van der Waals surface area (Å²) in [5, 5.41) is 3.39. The van der Waals surface area contributed by atoms with Crippen LogP contribution in [0.25, 0.3) is 0 Å². The molecular formula is C12H18N2O2. The molecule has 2 rings (SSSR count). The Hall–Kier alpha value is -1.42. The first-order valence-corrected chi connectivity index (χ1v) is 5.57. The van der Waals surface area contributed by atoms with Crippen LogP contribution >= 0.6 is 0 Å². The van der Waals surface area contributed by atoms with E-state index < -0.39 is 0 Å². The first-order chi connectivity index (χ1) is 7.79. The highest BCUT2D eigenvalue weighted by molar-refractivity contribution is 5.68. The van der Waals surface area contributed by atoms with Crippen molar-refractivity contribution in [2.75, 3.05) is 31.4 Å². The molecule has 0 saturated carbocycles. The molecule has 1 heterocycles. The molecule has 0 radical (unpaired) electrons. The summed E-state index contributed by atoms with van der Waals surface area (Å²) in [5.74, 6) is 0.813. The van der Waals surface area contributed by atoms with Gasteiger partial charge in [0.2, 0.25) is 0 Å². The zero-order valence-corrected chi connectivity index (χ0v) is 9.53. The second kappa shape index (κ2) is 5.07. The van der Waals surface area contributed by atoms with Gasteiger partial charge in [0.05, 0.1) is 25.1 Å². The second-order valence-electron chi connectivity index (χ2n) is 4.01. The van der Waals surface area contributed by atoms with Crippen LogP contribution in [-0.2, 0) is 4.74 Å². The number of nitrogens with two attached hydrogens (primary N) is 1. The van der Waals surface area contributed by atoms with Crippen molar-refractivity contribution >= 4 is 11.4 Å². The van der Waals surface area contributed by atoms with Crippen molar-refractivity contribution < 1.29 is 9.47 Å². The number of hydrogen-bond donors (Lipinski definition) is 2. The van der Waals surface area contributed by atoms with E-state index in [0.29, 0.717) is 6.04 Å². The minimum absolute atomic E-state index is 0.350. The fourth-order valence-corrected chi connectivity index (χ4v) is 1.86. The number of rotatable bonds is 3. The lowest BCUT2D eigenvalue weighted by atomic mass is 10.1. The number of benzene rings is 1. The van der Waals surface area contributed by atoms with Crippen molar-refractivity contribution in [2.45, 2.75) is 18.9 Å². The Balaban J connectivity index is 2.06. The lowest BCUT2D eigenvalue weighted by Gasteiger charge is -2.25. The summed E-state index contributed by atoms with van der Waals surface area (Å²) in [6, 6.07) is 5.98. The van der Waals surface area contributed by atoms with Crippen LogP contribution in [0.4, 0.5) is 11.4 Å². The first kappa shape index (κ1) is 11.1. The van der Waals surface area contributed by atoms with Crippen molar-refractivity contribution in [1.82, 2.24) is 0 Å². The molecule has 1 atom stereocenters. The Morgan fingerprint density at radius 1 is 1.50 bits per heavy atom. The number of anilines is 2. The molecule has 4 heteroatoms. The van der Waals surface area contributed by atoms with Gasteiger partial charge in [0, 0.05) is 18.7 Å². The molecule has 1 aliphatic heterocycles. The van der Waals surface area contributed by atoms with Crippen LogP contribution < -0.4 is 15.8 Å². The van der Waals surface area contributed by atoms with Crippen LogP contribution in [0.15, 0.2) is 18.2 Å². The van der Waals surface area contributed by atoms with Gasteiger partial charge in [-0.15, -0.1) is 0 Å². The van der Waals surface area contributed by atoms with E-state index in [1.54, 1.807) is 7.11 Å². The predicted octanol–water partition coefficient (Wildman–Crippen LogP) is 1.87. The minimum Gasteiger partial charge on any atom is -0.497 e. The van der Waals surface area contributed by atoms with E-state index in [4.69, 9.17) is 15.2 Å². The molecule has 88 valence electrons. The van der Waals surface area contributed by atoms with Crippen LogP contribution in [0, 0.1) is 0 Å². The lowest BCUT2D eigenvalue weighted by Crippen LogP contribution is -2.30. The monoisotopic (exact) mass is 222 g/mol. The van der Waals surface area contributed by atoms with Crippen molar-refractivity contribution in [3.8, 4) is 5.75 Å². The predicted molar refractivity (Wildman–Crippen MR) is 64.9 cm³/mol. The van der Waals surface area contributed by atoms with Crippen molar-refractivity contribution in [3.05, 3.63) is 18.2 Å². The summed E-state index contributed by atoms with van der Waals surface area (Å²) in [7, 11) is 1.65. The number of hydrogen-bond acceptors (Lipinski definition) is 4. The van der Waals surface area contributed by atoms with Gasteiger partial charge >= 0.3 is 0 Å². The van der Waals surface area contributed by atoms with Gasteiger partial charge in [-0.2, -0.15) is 0 Å². The molecule has 0 aliphatic carbocycles. The average molecular weight is 222 g/mol. The van der Waals surface area contributed by atoms with E-state index in [-0.39, 0.29) is 0 Å². The quantitative estimate of drug-likeness (QED) is 0.766. The Morgan fingerprint density at radius 2 is 2.38 bits per heavy atom. The van der Waals surface area contributed by atoms with E-state index >= 15 is 0 Å². The fraction of sp³-hybridized carbons (Fsp3) is 0.500. The fourth-order valence-electron chi connectivity index (χ4n) is 1.86. The normalized spacial score (nSPS) is 20.4. The van der Waals surface area contributed by atoms with Crippen LogP contribution in [0.1, 0.15) is 12.8 Å². The van der Waals surface area contributed by atoms with E-state index in [9.17, 15) is 0 Å². The Bertz CT molecular complexity index is 349. The van der Waals surface area contributed by atoms with Crippen LogP contribution in [0.5, 0.6) is 5.75 Å². The summed E-state index contributed by atoms with van der Waals surface area (Å²) in [5.41, 5.74) is 7.57. The van der Waals surface area contributed by atoms with E-state index in [0.717, 1.165) is 43.2 Å². The number of nitrogen functional groups attached to an aromatic ring is 1. The van der Waals surface area contributed by atoms with Crippen LogP contribution in [0.3, 0.4) is 0 Å². The lowest BCUT2D eigenvalue weighted by molar-refractivity contribution is 0.0876. The maximum atomic E-state index is 5.90. The first-order valence-electron chi connectivity index (χ1n) is 5.57. The van der Waals surface area contributed by atoms with E-state index in [1.165, 1.54) is 0 Å². The minimum atomic E-state index is 0.350. The molecule has 0 amide bonds. The molecule has 1 unspecified atom stereocenters. The third kappa shape index (κ3) is 2.58. The highest BCUT2D eigenvalue weighted by Crippen LogP contribution is 2.26. The molecular weight excluding hydrogens is 204 g/mol. The number of ether oxygens (including phenoxy) is 2. The van der Waals surface area contributed by atoms with Gasteiger partial charge in [-0.1, -0.05) is 0 Å². The third-order valence-corrected chi connectivity index (χ3v) is 2.78. The maximum absolute atomic E-state index is 5.90. The van der Waals surface area contributed by atoms with Crippen molar-refractivity contribution in [3.63, 3.8) is 0 Å². The Labute approximate surface area is 95.7 Å². The second-order valence-corrected chi connectivity index (χ2v) is 4.01. The highest BCUT2D eigenvalue weighted by atomic mass is 16.5. The van der Waals surface area contributed by atoms with Gasteiger partial charge in [0.25, 0.3) is 0 Å². The van der Waals surface area contributed by atoms with Gasteiger partial charge in [0.15, 0.2) is 0 Å². The summed E-state index contributed by atoms with van der Waals surface area (Å²) < 4.78 is 10.6. The molecule has 3 N–H and O–H groups in total. The maximum Gasteiger partial charge on any atom is 0.121 e. The standard InChI is InChI=1S/C12H18N2O2/c1-15-10-4-5-11(13)12(7-10)14-9-3-2-6-16-8-9/h4-5,7,9,14H,2-3,6,8,13H2,1H3. The van der Waals surface area contributed by atoms with Crippen LogP contribution in [-0.4, -0.2) is 26.4 Å². The van der Waals surface area contributed by atoms with Gasteiger partial charge in [0.1, 0.15) is 5.75 Å². The zero-order chi connectivity index (χ0) is 11.4. The molecule has 16 heavy (non-hydrogen) atoms. The molecule has 4 nitrogen and oxygen atoms in total. The Morgan fingerprint density at radius 3 is 3.06 bits per heavy atom. The molecule has 1 saturated heterocycles. The molecule has 0 spiro atoms. The van der Waals surface area contributed by atoms with Crippen molar-refractivity contribution in [1.29, 1.82) is 0 Å². The van der Waals surface area contributed by atoms with Crippen LogP contribution in [0.2, 0.25) is 0 Å². The Kier molecular flexibility index (Phi) is 3.51. The van der Waals surface area contributed by atoms with E-state index in [1.807, 2.05) is 18.2 Å². The highest BCUT2D eigenvalue weighted by Gasteiger charge is 2.14. The smallest absolute Gasteiger partial charge is 0.121 e. The molecule has 1 aliphatic rings. The third-order valence-electron chi connectivity index (χ3n) is 2.78. The number of methoxy groups -OCH3 is 1. The molecule has 1 fully saturated rings. The molecule has 1 aromatic rings. The molecule has 0 bridgehead atoms. The summed E-state index contributed by atoms with van der Waals surface area (Å²) in [6.07, 6.45) is 2.22. The average Bonchev–Trinajstić information content (AvgIpc) is 2.33. The summed E-state index contributed by atoms with van der Waals surface area (Å²) >= 11 is 0. The van der Waals surface area contributed by atoms with E-state index in [2.05, 4.69) is 5.32 Å². The largest absolute Gasteiger partial charge is 0.497 e. The van der Waals surface area contributed by atoms with Crippen molar-refractivity contribution in [2.24, 2.45) is 0 Å². The van der Waals surface area contributed by atoms with Gasteiger partial charge in [-0.25, -0.2) is 0 Å². The molecule has 1 aromatic carbocycles. The topological polar surface area (TPSA) is 56.5 Å². The number of nitrogens with one attached hydrogen (secondary N) is 1. The van der Waals surface area contributed by atoms with Gasteiger partial charge in [-0.3, -0.25) is 0 Å². The van der Waals surface area contributed by atoms with Gasteiger partial charge < -0.3 is 20.5 Å². The summed E-state index contributed by atoms with van der Waals surface area (Å²) in [4.78, 5) is 0. The molecule has 0 aromatic heterocycles. The SMILES string of the molecule is COc1ccc(N)c(NC2CCCOC2)c1. The van der Waals surface area contributed by atoms with Gasteiger partial charge in [-0.05, 0) is 25.0 Å². The zero-order valence-electron chi connectivity index (χ0n) is 9.53. The summed E-state index contributed by atoms with van der Waals surface area (Å²) in [6.45, 7) is 1.61.